The summed E-state index contributed by atoms with van der Waals surface area (Å²) in [5.41, 5.74) is 0.726. The molecule has 112 valence electrons. The maximum Gasteiger partial charge on any atom is 0.303 e. The van der Waals surface area contributed by atoms with Gasteiger partial charge in [0.05, 0.1) is 10.7 Å². The SMILES string of the molecule is Cc1nc(C)c(C(=O)NC[C@H](CC(=O)O)CC(C)C)s1. The van der Waals surface area contributed by atoms with E-state index < -0.39 is 5.97 Å². The largest absolute Gasteiger partial charge is 0.481 e. The lowest BCUT2D eigenvalue weighted by molar-refractivity contribution is -0.138. The molecule has 0 aliphatic heterocycles. The number of aryl methyl sites for hydroxylation is 2. The van der Waals surface area contributed by atoms with E-state index in [1.54, 1.807) is 6.92 Å². The van der Waals surface area contributed by atoms with Gasteiger partial charge in [-0.2, -0.15) is 0 Å². The third-order valence-electron chi connectivity index (χ3n) is 2.93. The summed E-state index contributed by atoms with van der Waals surface area (Å²) < 4.78 is 0. The van der Waals surface area contributed by atoms with Crippen LogP contribution in [-0.4, -0.2) is 28.5 Å². The van der Waals surface area contributed by atoms with E-state index in [2.05, 4.69) is 10.3 Å². The van der Waals surface area contributed by atoms with E-state index in [4.69, 9.17) is 5.11 Å². The van der Waals surface area contributed by atoms with Crippen LogP contribution in [0.3, 0.4) is 0 Å². The highest BCUT2D eigenvalue weighted by molar-refractivity contribution is 7.13. The maximum atomic E-state index is 12.1. The van der Waals surface area contributed by atoms with E-state index in [1.165, 1.54) is 11.3 Å². The molecule has 0 bridgehead atoms. The number of nitrogens with zero attached hydrogens (tertiary/aromatic N) is 1. The average molecular weight is 298 g/mol. The van der Waals surface area contributed by atoms with Crippen LogP contribution in [0.4, 0.5) is 0 Å². The van der Waals surface area contributed by atoms with Crippen molar-refractivity contribution in [1.29, 1.82) is 0 Å². The van der Waals surface area contributed by atoms with Crippen molar-refractivity contribution in [2.24, 2.45) is 11.8 Å². The summed E-state index contributed by atoms with van der Waals surface area (Å²) in [6, 6.07) is 0. The molecule has 0 saturated heterocycles. The fourth-order valence-corrected chi connectivity index (χ4v) is 3.05. The van der Waals surface area contributed by atoms with E-state index in [0.717, 1.165) is 17.1 Å². The molecule has 0 aliphatic carbocycles. The van der Waals surface area contributed by atoms with Gasteiger partial charge in [0.15, 0.2) is 0 Å². The Bertz CT molecular complexity index is 483. The number of hydrogen-bond acceptors (Lipinski definition) is 4. The lowest BCUT2D eigenvalue weighted by Gasteiger charge is -2.17. The smallest absolute Gasteiger partial charge is 0.303 e. The fraction of sp³-hybridized carbons (Fsp3) is 0.643. The molecule has 0 spiro atoms. The standard InChI is InChI=1S/C14H22N2O3S/c1-8(2)5-11(6-12(17)18)7-15-14(19)13-9(3)16-10(4)20-13/h8,11H,5-7H2,1-4H3,(H,15,19)(H,17,18)/t11-/m0/s1. The fourth-order valence-electron chi connectivity index (χ4n) is 2.21. The molecule has 1 heterocycles. The van der Waals surface area contributed by atoms with Crippen molar-refractivity contribution in [2.45, 2.75) is 40.5 Å². The molecule has 1 aromatic heterocycles. The van der Waals surface area contributed by atoms with Crippen molar-refractivity contribution in [2.75, 3.05) is 6.54 Å². The first-order chi connectivity index (χ1) is 9.29. The molecule has 5 nitrogen and oxygen atoms in total. The summed E-state index contributed by atoms with van der Waals surface area (Å²) >= 11 is 1.36. The predicted molar refractivity (Wildman–Crippen MR) is 79.1 cm³/mol. The second kappa shape index (κ2) is 7.38. The molecule has 20 heavy (non-hydrogen) atoms. The first-order valence-electron chi connectivity index (χ1n) is 6.73. The van der Waals surface area contributed by atoms with Crippen molar-refractivity contribution in [3.63, 3.8) is 0 Å². The van der Waals surface area contributed by atoms with Gasteiger partial charge in [0, 0.05) is 13.0 Å². The second-order valence-electron chi connectivity index (χ2n) is 5.45. The lowest BCUT2D eigenvalue weighted by Crippen LogP contribution is -2.31. The predicted octanol–water partition coefficient (Wildman–Crippen LogP) is 2.63. The lowest BCUT2D eigenvalue weighted by atomic mass is 9.94. The summed E-state index contributed by atoms with van der Waals surface area (Å²) in [6.45, 7) is 8.15. The molecule has 1 amide bonds. The van der Waals surface area contributed by atoms with Crippen molar-refractivity contribution in [3.05, 3.63) is 15.6 Å². The molecule has 0 aliphatic rings. The van der Waals surface area contributed by atoms with Crippen LogP contribution >= 0.6 is 11.3 Å². The van der Waals surface area contributed by atoms with Gasteiger partial charge >= 0.3 is 5.97 Å². The Morgan fingerprint density at radius 2 is 2.00 bits per heavy atom. The maximum absolute atomic E-state index is 12.1. The number of carbonyl (C=O) groups excluding carboxylic acids is 1. The number of carboxylic acids is 1. The number of rotatable bonds is 7. The number of carbonyl (C=O) groups is 2. The van der Waals surface area contributed by atoms with Crippen molar-refractivity contribution in [3.8, 4) is 0 Å². The zero-order chi connectivity index (χ0) is 15.3. The van der Waals surface area contributed by atoms with Gasteiger partial charge in [0.1, 0.15) is 4.88 Å². The Balaban J connectivity index is 2.60. The Morgan fingerprint density at radius 3 is 2.45 bits per heavy atom. The zero-order valence-corrected chi connectivity index (χ0v) is 13.2. The summed E-state index contributed by atoms with van der Waals surface area (Å²) in [4.78, 5) is 27.7. The van der Waals surface area contributed by atoms with Crippen LogP contribution in [0.5, 0.6) is 0 Å². The van der Waals surface area contributed by atoms with Gasteiger partial charge in [-0.3, -0.25) is 9.59 Å². The van der Waals surface area contributed by atoms with Gasteiger partial charge in [0.2, 0.25) is 0 Å². The molecule has 0 aromatic carbocycles. The summed E-state index contributed by atoms with van der Waals surface area (Å²) in [7, 11) is 0. The Kier molecular flexibility index (Phi) is 6.13. The second-order valence-corrected chi connectivity index (χ2v) is 6.65. The minimum Gasteiger partial charge on any atom is -0.481 e. The van der Waals surface area contributed by atoms with Crippen LogP contribution in [0.2, 0.25) is 0 Å². The molecular weight excluding hydrogens is 276 g/mol. The quantitative estimate of drug-likeness (QED) is 0.811. The summed E-state index contributed by atoms with van der Waals surface area (Å²) in [6.07, 6.45) is 0.868. The normalized spacial score (nSPS) is 12.4. The molecule has 0 unspecified atom stereocenters. The monoisotopic (exact) mass is 298 g/mol. The Morgan fingerprint density at radius 1 is 1.35 bits per heavy atom. The average Bonchev–Trinajstić information content (AvgIpc) is 2.63. The zero-order valence-electron chi connectivity index (χ0n) is 12.4. The third kappa shape index (κ3) is 5.28. The number of thiazole rings is 1. The van der Waals surface area contributed by atoms with Gasteiger partial charge in [-0.1, -0.05) is 13.8 Å². The van der Waals surface area contributed by atoms with Crippen molar-refractivity contribution >= 4 is 23.2 Å². The van der Waals surface area contributed by atoms with Gasteiger partial charge in [0.25, 0.3) is 5.91 Å². The van der Waals surface area contributed by atoms with E-state index in [-0.39, 0.29) is 18.2 Å². The van der Waals surface area contributed by atoms with Crippen LogP contribution in [0, 0.1) is 25.7 Å². The number of nitrogens with one attached hydrogen (secondary N) is 1. The Labute approximate surface area is 123 Å². The van der Waals surface area contributed by atoms with Crippen LogP contribution in [0.25, 0.3) is 0 Å². The van der Waals surface area contributed by atoms with E-state index in [1.807, 2.05) is 20.8 Å². The van der Waals surface area contributed by atoms with Gasteiger partial charge in [-0.25, -0.2) is 4.98 Å². The molecule has 6 heteroatoms. The van der Waals surface area contributed by atoms with Crippen LogP contribution < -0.4 is 5.32 Å². The molecule has 0 radical (unpaired) electrons. The highest BCUT2D eigenvalue weighted by Crippen LogP contribution is 2.18. The number of aromatic nitrogens is 1. The molecule has 2 N–H and O–H groups in total. The minimum absolute atomic E-state index is 0.0363. The van der Waals surface area contributed by atoms with Crippen LogP contribution in [0.15, 0.2) is 0 Å². The first-order valence-corrected chi connectivity index (χ1v) is 7.55. The third-order valence-corrected chi connectivity index (χ3v) is 4.00. The van der Waals surface area contributed by atoms with Crippen molar-refractivity contribution in [1.82, 2.24) is 10.3 Å². The summed E-state index contributed by atoms with van der Waals surface area (Å²) in [5.74, 6) is -0.614. The molecular formula is C14H22N2O3S. The number of hydrogen-bond donors (Lipinski definition) is 2. The van der Waals surface area contributed by atoms with Gasteiger partial charge in [-0.05, 0) is 32.1 Å². The molecule has 0 fully saturated rings. The highest BCUT2D eigenvalue weighted by atomic mass is 32.1. The molecule has 1 rings (SSSR count). The number of aliphatic carboxylic acids is 1. The molecule has 1 atom stereocenters. The molecule has 0 saturated carbocycles. The van der Waals surface area contributed by atoms with Crippen LogP contribution in [-0.2, 0) is 4.79 Å². The number of carboxylic acid groups (broad SMARTS) is 1. The summed E-state index contributed by atoms with van der Waals surface area (Å²) in [5, 5.41) is 12.6. The minimum atomic E-state index is -0.824. The first kappa shape index (κ1) is 16.6. The highest BCUT2D eigenvalue weighted by Gasteiger charge is 2.18. The number of amides is 1. The van der Waals surface area contributed by atoms with Crippen LogP contribution in [0.1, 0.15) is 47.1 Å². The van der Waals surface area contributed by atoms with E-state index in [0.29, 0.717) is 17.3 Å². The van der Waals surface area contributed by atoms with Gasteiger partial charge in [-0.15, -0.1) is 11.3 Å². The van der Waals surface area contributed by atoms with Gasteiger partial charge < -0.3 is 10.4 Å². The van der Waals surface area contributed by atoms with Crippen molar-refractivity contribution < 1.29 is 14.7 Å². The topological polar surface area (TPSA) is 79.3 Å². The van der Waals surface area contributed by atoms with E-state index >= 15 is 0 Å². The van der Waals surface area contributed by atoms with E-state index in [9.17, 15) is 9.59 Å². The molecule has 1 aromatic rings. The Hall–Kier alpha value is -1.43.